The molecule has 2 aromatic carbocycles. The summed E-state index contributed by atoms with van der Waals surface area (Å²) < 4.78 is 4.98. The Morgan fingerprint density at radius 2 is 1.70 bits per heavy atom. The molecule has 0 amide bonds. The van der Waals surface area contributed by atoms with Crippen LogP contribution in [0.1, 0.15) is 17.3 Å². The van der Waals surface area contributed by atoms with Crippen LogP contribution in [-0.4, -0.2) is 17.5 Å². The maximum absolute atomic E-state index is 11.9. The van der Waals surface area contributed by atoms with E-state index >= 15 is 0 Å². The first-order chi connectivity index (χ1) is 9.65. The fourth-order valence-electron chi connectivity index (χ4n) is 1.97. The van der Waals surface area contributed by atoms with Crippen LogP contribution in [0.2, 0.25) is 0 Å². The minimum absolute atomic E-state index is 0.0377. The van der Waals surface area contributed by atoms with Crippen molar-refractivity contribution in [2.75, 3.05) is 6.61 Å². The molecule has 0 aliphatic rings. The molecule has 5 nitrogen and oxygen atoms in total. The quantitative estimate of drug-likeness (QED) is 0.485. The normalized spacial score (nSPS) is 10.1. The highest BCUT2D eigenvalue weighted by molar-refractivity contribution is 5.98. The number of esters is 1. The standard InChI is InChI=1S/C15H13NO4/c1-2-20-15(17)13-9-4-3-7-11(13)12-8-5-6-10-14(12)16(18)19/h3-10H,2H2,1H3. The molecule has 5 heteroatoms. The molecule has 0 N–H and O–H groups in total. The minimum Gasteiger partial charge on any atom is -0.462 e. The molecule has 2 rings (SSSR count). The van der Waals surface area contributed by atoms with Crippen LogP contribution < -0.4 is 0 Å². The fourth-order valence-corrected chi connectivity index (χ4v) is 1.97. The first-order valence-corrected chi connectivity index (χ1v) is 6.15. The monoisotopic (exact) mass is 271 g/mol. The number of benzene rings is 2. The van der Waals surface area contributed by atoms with Crippen LogP contribution in [0.3, 0.4) is 0 Å². The van der Waals surface area contributed by atoms with Gasteiger partial charge in [-0.3, -0.25) is 10.1 Å². The van der Waals surface area contributed by atoms with Gasteiger partial charge >= 0.3 is 5.97 Å². The molecule has 0 saturated carbocycles. The number of carbonyl (C=O) groups excluding carboxylic acids is 1. The summed E-state index contributed by atoms with van der Waals surface area (Å²) in [6.45, 7) is 1.97. The van der Waals surface area contributed by atoms with Crippen LogP contribution in [-0.2, 0) is 4.74 Å². The van der Waals surface area contributed by atoms with Gasteiger partial charge < -0.3 is 4.74 Å². The lowest BCUT2D eigenvalue weighted by atomic mass is 9.98. The van der Waals surface area contributed by atoms with Crippen molar-refractivity contribution in [3.8, 4) is 11.1 Å². The summed E-state index contributed by atoms with van der Waals surface area (Å²) in [5, 5.41) is 11.1. The molecule has 102 valence electrons. The highest BCUT2D eigenvalue weighted by Gasteiger charge is 2.20. The summed E-state index contributed by atoms with van der Waals surface area (Å²) in [5.74, 6) is -0.485. The topological polar surface area (TPSA) is 69.4 Å². The van der Waals surface area contributed by atoms with E-state index in [0.717, 1.165) is 0 Å². The predicted molar refractivity (Wildman–Crippen MR) is 74.5 cm³/mol. The van der Waals surface area contributed by atoms with Gasteiger partial charge in [-0.15, -0.1) is 0 Å². The van der Waals surface area contributed by atoms with Crippen LogP contribution in [0.4, 0.5) is 5.69 Å². The largest absolute Gasteiger partial charge is 0.462 e. The van der Waals surface area contributed by atoms with Crippen LogP contribution in [0.5, 0.6) is 0 Å². The molecule has 2 aromatic rings. The van der Waals surface area contributed by atoms with Crippen molar-refractivity contribution in [3.63, 3.8) is 0 Å². The smallest absolute Gasteiger partial charge is 0.338 e. The van der Waals surface area contributed by atoms with Crippen LogP contribution in [0.25, 0.3) is 11.1 Å². The van der Waals surface area contributed by atoms with E-state index in [0.29, 0.717) is 16.7 Å². The molecule has 0 heterocycles. The van der Waals surface area contributed by atoms with Gasteiger partial charge in [0, 0.05) is 11.6 Å². The van der Waals surface area contributed by atoms with Gasteiger partial charge in [0.05, 0.1) is 22.7 Å². The summed E-state index contributed by atoms with van der Waals surface area (Å²) in [4.78, 5) is 22.6. The second kappa shape index (κ2) is 5.97. The number of rotatable bonds is 4. The first kappa shape index (κ1) is 13.7. The van der Waals surface area contributed by atoms with Gasteiger partial charge in [-0.1, -0.05) is 30.3 Å². The fraction of sp³-hybridized carbons (Fsp3) is 0.133. The molecular weight excluding hydrogens is 258 g/mol. The zero-order valence-corrected chi connectivity index (χ0v) is 10.9. The van der Waals surface area contributed by atoms with Gasteiger partial charge in [0.1, 0.15) is 0 Å². The van der Waals surface area contributed by atoms with Crippen molar-refractivity contribution in [3.05, 3.63) is 64.2 Å². The van der Waals surface area contributed by atoms with E-state index in [1.165, 1.54) is 6.07 Å². The number of carbonyl (C=O) groups is 1. The van der Waals surface area contributed by atoms with E-state index in [1.807, 2.05) is 0 Å². The van der Waals surface area contributed by atoms with E-state index in [4.69, 9.17) is 4.74 Å². The molecule has 0 saturated heterocycles. The van der Waals surface area contributed by atoms with E-state index in [9.17, 15) is 14.9 Å². The van der Waals surface area contributed by atoms with Crippen LogP contribution in [0, 0.1) is 10.1 Å². The van der Waals surface area contributed by atoms with E-state index in [-0.39, 0.29) is 12.3 Å². The van der Waals surface area contributed by atoms with E-state index in [1.54, 1.807) is 49.4 Å². The van der Waals surface area contributed by atoms with Crippen molar-refractivity contribution in [2.45, 2.75) is 6.92 Å². The molecule has 20 heavy (non-hydrogen) atoms. The average molecular weight is 271 g/mol. The molecule has 0 aromatic heterocycles. The first-order valence-electron chi connectivity index (χ1n) is 6.15. The van der Waals surface area contributed by atoms with Crippen LogP contribution >= 0.6 is 0 Å². The molecular formula is C15H13NO4. The molecule has 0 atom stereocenters. The lowest BCUT2D eigenvalue weighted by Crippen LogP contribution is -2.06. The Balaban J connectivity index is 2.59. The second-order valence-electron chi connectivity index (χ2n) is 4.04. The summed E-state index contributed by atoms with van der Waals surface area (Å²) in [5.41, 5.74) is 1.19. The predicted octanol–water partition coefficient (Wildman–Crippen LogP) is 3.44. The summed E-state index contributed by atoms with van der Waals surface area (Å²) >= 11 is 0. The zero-order valence-electron chi connectivity index (χ0n) is 10.9. The lowest BCUT2D eigenvalue weighted by Gasteiger charge is -2.09. The molecule has 0 spiro atoms. The van der Waals surface area contributed by atoms with Gasteiger partial charge in [-0.05, 0) is 19.1 Å². The number of nitro benzene ring substituents is 1. The van der Waals surface area contributed by atoms with Crippen LogP contribution in [0.15, 0.2) is 48.5 Å². The van der Waals surface area contributed by atoms with Crippen molar-refractivity contribution in [1.82, 2.24) is 0 Å². The summed E-state index contributed by atoms with van der Waals surface area (Å²) in [6, 6.07) is 13.0. The third-order valence-corrected chi connectivity index (χ3v) is 2.81. The van der Waals surface area contributed by atoms with Crippen molar-refractivity contribution >= 4 is 11.7 Å². The van der Waals surface area contributed by atoms with E-state index in [2.05, 4.69) is 0 Å². The zero-order chi connectivity index (χ0) is 14.5. The number of hydrogen-bond acceptors (Lipinski definition) is 4. The SMILES string of the molecule is CCOC(=O)c1ccccc1-c1ccccc1[N+](=O)[O-]. The molecule has 0 fully saturated rings. The van der Waals surface area contributed by atoms with Gasteiger partial charge in [0.15, 0.2) is 0 Å². The third kappa shape index (κ3) is 2.66. The Labute approximate surface area is 116 Å². The number of hydrogen-bond donors (Lipinski definition) is 0. The number of nitro groups is 1. The third-order valence-electron chi connectivity index (χ3n) is 2.81. The Morgan fingerprint density at radius 3 is 2.35 bits per heavy atom. The molecule has 0 radical (unpaired) electrons. The van der Waals surface area contributed by atoms with E-state index < -0.39 is 10.9 Å². The highest BCUT2D eigenvalue weighted by Crippen LogP contribution is 2.32. The number of ether oxygens (including phenoxy) is 1. The minimum atomic E-state index is -0.485. The Hall–Kier alpha value is -2.69. The molecule has 0 aliphatic heterocycles. The lowest BCUT2D eigenvalue weighted by molar-refractivity contribution is -0.384. The Kier molecular flexibility index (Phi) is 4.10. The second-order valence-corrected chi connectivity index (χ2v) is 4.04. The van der Waals surface area contributed by atoms with Gasteiger partial charge in [0.25, 0.3) is 5.69 Å². The summed E-state index contributed by atoms with van der Waals surface area (Å²) in [7, 11) is 0. The number of para-hydroxylation sites is 1. The van der Waals surface area contributed by atoms with Gasteiger partial charge in [-0.25, -0.2) is 4.79 Å². The van der Waals surface area contributed by atoms with Crippen molar-refractivity contribution in [2.24, 2.45) is 0 Å². The molecule has 0 unspecified atom stereocenters. The maximum atomic E-state index is 11.9. The van der Waals surface area contributed by atoms with Crippen molar-refractivity contribution < 1.29 is 14.5 Å². The van der Waals surface area contributed by atoms with Gasteiger partial charge in [-0.2, -0.15) is 0 Å². The highest BCUT2D eigenvalue weighted by atomic mass is 16.6. The van der Waals surface area contributed by atoms with Crippen molar-refractivity contribution in [1.29, 1.82) is 0 Å². The Bertz CT molecular complexity index is 652. The number of nitrogens with zero attached hydrogens (tertiary/aromatic N) is 1. The molecule has 0 aliphatic carbocycles. The van der Waals surface area contributed by atoms with Gasteiger partial charge in [0.2, 0.25) is 0 Å². The average Bonchev–Trinajstić information content (AvgIpc) is 2.47. The Morgan fingerprint density at radius 1 is 1.10 bits per heavy atom. The summed E-state index contributed by atoms with van der Waals surface area (Å²) in [6.07, 6.45) is 0. The maximum Gasteiger partial charge on any atom is 0.338 e. The molecule has 0 bridgehead atoms.